The third kappa shape index (κ3) is 5.00. The second kappa shape index (κ2) is 9.09. The Balaban J connectivity index is 2.04. The van der Waals surface area contributed by atoms with Crippen molar-refractivity contribution in [1.29, 1.82) is 0 Å². The highest BCUT2D eigenvalue weighted by Gasteiger charge is 2.45. The molecule has 176 valence electrons. The molecule has 2 heterocycles. The Labute approximate surface area is 189 Å². The zero-order valence-corrected chi connectivity index (χ0v) is 19.7. The van der Waals surface area contributed by atoms with E-state index < -0.39 is 36.5 Å². The largest absolute Gasteiger partial charge is 0.461 e. The molecule has 11 heteroatoms. The molecule has 1 aromatic carbocycles. The monoisotopic (exact) mass is 480 g/mol. The Bertz CT molecular complexity index is 1260. The molecule has 2 aromatic heterocycles. The number of carbonyl (C=O) groups excluding carboxylic acids is 1. The van der Waals surface area contributed by atoms with Crippen molar-refractivity contribution in [1.82, 2.24) is 15.0 Å². The first-order chi connectivity index (χ1) is 15.4. The van der Waals surface area contributed by atoms with Crippen LogP contribution in [0.4, 0.5) is 19.0 Å². The third-order valence-corrected chi connectivity index (χ3v) is 6.30. The van der Waals surface area contributed by atoms with E-state index in [2.05, 4.69) is 25.0 Å². The summed E-state index contributed by atoms with van der Waals surface area (Å²) in [6, 6.07) is 4.23. The SMILES string of the molecule is CCOC(=O)C(F)(F)c1cccc([C@@H](C)Nc2nc(C)nc3cnc(P(C)(C)=O)cc23)c1F. The van der Waals surface area contributed by atoms with E-state index in [1.807, 2.05) is 0 Å². The number of nitrogens with zero attached hydrogens (tertiary/aromatic N) is 3. The first-order valence-electron chi connectivity index (χ1n) is 10.2. The molecule has 7 nitrogen and oxygen atoms in total. The molecule has 0 radical (unpaired) electrons. The lowest BCUT2D eigenvalue weighted by atomic mass is 10.00. The van der Waals surface area contributed by atoms with E-state index >= 15 is 4.39 Å². The van der Waals surface area contributed by atoms with Crippen molar-refractivity contribution in [3.63, 3.8) is 0 Å². The fourth-order valence-corrected chi connectivity index (χ4v) is 4.06. The predicted molar refractivity (Wildman–Crippen MR) is 120 cm³/mol. The maximum atomic E-state index is 15.1. The number of nitrogens with one attached hydrogen (secondary N) is 1. The molecule has 0 amide bonds. The summed E-state index contributed by atoms with van der Waals surface area (Å²) in [5, 5.41) is 3.53. The van der Waals surface area contributed by atoms with E-state index in [-0.39, 0.29) is 12.2 Å². The van der Waals surface area contributed by atoms with E-state index in [0.29, 0.717) is 28.0 Å². The number of fused-ring (bicyclic) bond motifs is 1. The van der Waals surface area contributed by atoms with Crippen LogP contribution >= 0.6 is 7.14 Å². The van der Waals surface area contributed by atoms with Crippen molar-refractivity contribution in [2.45, 2.75) is 32.7 Å². The molecule has 0 aliphatic carbocycles. The number of rotatable bonds is 7. The number of aryl methyl sites for hydroxylation is 1. The van der Waals surface area contributed by atoms with Crippen LogP contribution in [0.15, 0.2) is 30.5 Å². The molecule has 0 spiro atoms. The number of aromatic nitrogens is 3. The molecule has 0 saturated carbocycles. The molecule has 0 bridgehead atoms. The van der Waals surface area contributed by atoms with Crippen molar-refractivity contribution >= 4 is 35.3 Å². The smallest absolute Gasteiger partial charge is 0.382 e. The van der Waals surface area contributed by atoms with Gasteiger partial charge in [0.1, 0.15) is 30.0 Å². The molecule has 0 saturated heterocycles. The number of alkyl halides is 2. The van der Waals surface area contributed by atoms with Gasteiger partial charge in [-0.3, -0.25) is 4.98 Å². The second-order valence-corrected chi connectivity index (χ2v) is 11.1. The summed E-state index contributed by atoms with van der Waals surface area (Å²) in [7, 11) is -2.68. The lowest BCUT2D eigenvalue weighted by Gasteiger charge is -2.21. The molecule has 3 rings (SSSR count). The highest BCUT2D eigenvalue weighted by Crippen LogP contribution is 2.37. The molecule has 0 unspecified atom stereocenters. The van der Waals surface area contributed by atoms with E-state index in [1.54, 1.807) is 33.2 Å². The lowest BCUT2D eigenvalue weighted by molar-refractivity contribution is -0.173. The average molecular weight is 480 g/mol. The Morgan fingerprint density at radius 2 is 1.97 bits per heavy atom. The molecule has 33 heavy (non-hydrogen) atoms. The predicted octanol–water partition coefficient (Wildman–Crippen LogP) is 4.55. The van der Waals surface area contributed by atoms with E-state index in [9.17, 15) is 18.1 Å². The van der Waals surface area contributed by atoms with E-state index in [4.69, 9.17) is 0 Å². The zero-order valence-electron chi connectivity index (χ0n) is 18.8. The van der Waals surface area contributed by atoms with Gasteiger partial charge in [0, 0.05) is 10.9 Å². The highest BCUT2D eigenvalue weighted by atomic mass is 31.2. The van der Waals surface area contributed by atoms with Crippen LogP contribution in [0, 0.1) is 12.7 Å². The van der Waals surface area contributed by atoms with E-state index in [0.717, 1.165) is 6.07 Å². The van der Waals surface area contributed by atoms with E-state index in [1.165, 1.54) is 25.3 Å². The number of carbonyl (C=O) groups is 1. The van der Waals surface area contributed by atoms with Crippen molar-refractivity contribution < 1.29 is 27.3 Å². The van der Waals surface area contributed by atoms with Gasteiger partial charge in [0.2, 0.25) is 0 Å². The minimum atomic E-state index is -4.14. The zero-order chi connectivity index (χ0) is 24.6. The summed E-state index contributed by atoms with van der Waals surface area (Å²) < 4.78 is 61.0. The van der Waals surface area contributed by atoms with Gasteiger partial charge in [0.25, 0.3) is 0 Å². The van der Waals surface area contributed by atoms with Crippen LogP contribution < -0.4 is 10.8 Å². The van der Waals surface area contributed by atoms with Gasteiger partial charge in [-0.15, -0.1) is 0 Å². The van der Waals surface area contributed by atoms with Crippen LogP contribution in [0.25, 0.3) is 10.9 Å². The fourth-order valence-electron chi connectivity index (χ4n) is 3.28. The summed E-state index contributed by atoms with van der Waals surface area (Å²) in [5.74, 6) is -6.46. The average Bonchev–Trinajstić information content (AvgIpc) is 2.72. The molecule has 0 aliphatic rings. The standard InChI is InChI=1S/C22H24F3N4O3P/c1-6-32-21(30)22(24,25)16-9-7-8-14(19(16)23)12(2)27-20-15-10-18(33(4,5)31)26-11-17(15)28-13(3)29-20/h7-12H,6H2,1-5H3,(H,27,28,29)/t12-/m1/s1. The second-order valence-electron chi connectivity index (χ2n) is 7.90. The number of esters is 1. The number of pyridine rings is 1. The van der Waals surface area contributed by atoms with Gasteiger partial charge in [0.15, 0.2) is 0 Å². The number of hydrogen-bond acceptors (Lipinski definition) is 7. The van der Waals surface area contributed by atoms with Crippen LogP contribution in [0.1, 0.15) is 36.8 Å². The fraction of sp³-hybridized carbons (Fsp3) is 0.364. The molecule has 0 aliphatic heterocycles. The number of ether oxygens (including phenoxy) is 1. The van der Waals surface area contributed by atoms with Gasteiger partial charge in [0.05, 0.1) is 29.9 Å². The highest BCUT2D eigenvalue weighted by molar-refractivity contribution is 7.69. The molecule has 1 N–H and O–H groups in total. The number of anilines is 1. The number of benzene rings is 1. The summed E-state index contributed by atoms with van der Waals surface area (Å²) in [6.07, 6.45) is 1.48. The Hall–Kier alpha value is -3.00. The van der Waals surface area contributed by atoms with Crippen LogP contribution in [-0.2, 0) is 20.0 Å². The molecule has 3 aromatic rings. The molecular weight excluding hydrogens is 456 g/mol. The van der Waals surface area contributed by atoms with Crippen LogP contribution in [-0.4, -0.2) is 40.9 Å². The summed E-state index contributed by atoms with van der Waals surface area (Å²) in [6.45, 7) is 7.52. The third-order valence-electron chi connectivity index (χ3n) is 4.95. The maximum Gasteiger partial charge on any atom is 0.382 e. The van der Waals surface area contributed by atoms with Crippen LogP contribution in [0.5, 0.6) is 0 Å². The normalized spacial score (nSPS) is 13.1. The lowest BCUT2D eigenvalue weighted by Crippen LogP contribution is -2.30. The first-order valence-corrected chi connectivity index (χ1v) is 12.8. The molecule has 0 fully saturated rings. The minimum Gasteiger partial charge on any atom is -0.461 e. The first kappa shape index (κ1) is 24.6. The quantitative estimate of drug-likeness (QED) is 0.392. The van der Waals surface area contributed by atoms with Gasteiger partial charge in [-0.25, -0.2) is 19.2 Å². The maximum absolute atomic E-state index is 15.1. The Kier molecular flexibility index (Phi) is 6.79. The summed E-state index contributed by atoms with van der Waals surface area (Å²) in [4.78, 5) is 24.6. The number of hydrogen-bond donors (Lipinski definition) is 1. The van der Waals surface area contributed by atoms with Crippen molar-refractivity contribution in [3.05, 3.63) is 53.2 Å². The van der Waals surface area contributed by atoms with Crippen molar-refractivity contribution in [2.24, 2.45) is 0 Å². The van der Waals surface area contributed by atoms with Gasteiger partial charge >= 0.3 is 11.9 Å². The van der Waals surface area contributed by atoms with Gasteiger partial charge in [-0.2, -0.15) is 8.78 Å². The number of halogens is 3. The van der Waals surface area contributed by atoms with Gasteiger partial charge in [-0.05, 0) is 46.2 Å². The summed E-state index contributed by atoms with van der Waals surface area (Å²) in [5.41, 5.74) is -0.301. The van der Waals surface area contributed by atoms with Crippen molar-refractivity contribution in [3.8, 4) is 0 Å². The molecular formula is C22H24F3N4O3P. The van der Waals surface area contributed by atoms with Crippen molar-refractivity contribution in [2.75, 3.05) is 25.3 Å². The van der Waals surface area contributed by atoms with Crippen LogP contribution in [0.3, 0.4) is 0 Å². The Morgan fingerprint density at radius 1 is 1.27 bits per heavy atom. The van der Waals surface area contributed by atoms with Crippen LogP contribution in [0.2, 0.25) is 0 Å². The molecule has 1 atom stereocenters. The van der Waals surface area contributed by atoms with Gasteiger partial charge < -0.3 is 14.6 Å². The topological polar surface area (TPSA) is 94.1 Å². The Morgan fingerprint density at radius 3 is 2.61 bits per heavy atom. The minimum absolute atomic E-state index is 0.0909. The summed E-state index contributed by atoms with van der Waals surface area (Å²) >= 11 is 0. The van der Waals surface area contributed by atoms with Gasteiger partial charge in [-0.1, -0.05) is 12.1 Å².